The molecular formula is C22H27FN3O. The molecule has 0 atom stereocenters. The Morgan fingerprint density at radius 1 is 1.11 bits per heavy atom. The fourth-order valence-corrected chi connectivity index (χ4v) is 3.51. The van der Waals surface area contributed by atoms with Gasteiger partial charge >= 0.3 is 0 Å². The van der Waals surface area contributed by atoms with Gasteiger partial charge in [0.2, 0.25) is 5.91 Å². The summed E-state index contributed by atoms with van der Waals surface area (Å²) in [5, 5.41) is 2.83. The van der Waals surface area contributed by atoms with Crippen LogP contribution in [0.2, 0.25) is 0 Å². The van der Waals surface area contributed by atoms with Crippen LogP contribution < -0.4 is 15.1 Å². The summed E-state index contributed by atoms with van der Waals surface area (Å²) in [4.78, 5) is 16.5. The number of rotatable bonds is 6. The van der Waals surface area contributed by atoms with Gasteiger partial charge in [0.1, 0.15) is 5.82 Å². The summed E-state index contributed by atoms with van der Waals surface area (Å²) in [6, 6.07) is 16.1. The summed E-state index contributed by atoms with van der Waals surface area (Å²) >= 11 is 0. The molecule has 1 aliphatic heterocycles. The Labute approximate surface area is 161 Å². The monoisotopic (exact) mass is 368 g/mol. The molecule has 0 unspecified atom stereocenters. The largest absolute Gasteiger partial charge is 0.367 e. The van der Waals surface area contributed by atoms with Crippen molar-refractivity contribution in [2.75, 3.05) is 41.3 Å². The molecule has 0 bridgehead atoms. The second kappa shape index (κ2) is 8.89. The van der Waals surface area contributed by atoms with E-state index in [1.807, 2.05) is 38.1 Å². The van der Waals surface area contributed by atoms with Gasteiger partial charge < -0.3 is 15.1 Å². The fraction of sp³-hybridized carbons (Fsp3) is 0.409. The number of carbonyl (C=O) groups excluding carboxylic acids is 1. The molecule has 1 fully saturated rings. The van der Waals surface area contributed by atoms with Crippen LogP contribution in [-0.4, -0.2) is 32.1 Å². The average molecular weight is 368 g/mol. The van der Waals surface area contributed by atoms with Crippen LogP contribution in [0.3, 0.4) is 0 Å². The first-order valence-electron chi connectivity index (χ1n) is 9.69. The summed E-state index contributed by atoms with van der Waals surface area (Å²) in [6.45, 7) is 7.13. The van der Waals surface area contributed by atoms with Crippen molar-refractivity contribution in [2.45, 2.75) is 26.7 Å². The van der Waals surface area contributed by atoms with E-state index in [0.29, 0.717) is 11.4 Å². The Kier molecular flexibility index (Phi) is 6.32. The smallest absolute Gasteiger partial charge is 0.227 e. The number of hydrogen-bond donors (Lipinski definition) is 1. The summed E-state index contributed by atoms with van der Waals surface area (Å²) in [7, 11) is 0. The lowest BCUT2D eigenvalue weighted by Gasteiger charge is -2.37. The minimum absolute atomic E-state index is 0.0318. The van der Waals surface area contributed by atoms with Crippen molar-refractivity contribution in [3.05, 3.63) is 54.3 Å². The molecule has 2 aromatic rings. The molecule has 2 aromatic carbocycles. The molecule has 4 nitrogen and oxygen atoms in total. The molecule has 0 saturated carbocycles. The number of carbonyl (C=O) groups is 1. The third kappa shape index (κ3) is 4.59. The quantitative estimate of drug-likeness (QED) is 0.824. The molecule has 1 aliphatic rings. The molecule has 1 amide bonds. The van der Waals surface area contributed by atoms with Gasteiger partial charge in [-0.3, -0.25) is 4.79 Å². The van der Waals surface area contributed by atoms with Gasteiger partial charge in [0.15, 0.2) is 0 Å². The van der Waals surface area contributed by atoms with Crippen LogP contribution in [0, 0.1) is 17.8 Å². The van der Waals surface area contributed by atoms with Crippen LogP contribution in [0.5, 0.6) is 0 Å². The second-order valence-electron chi connectivity index (χ2n) is 6.89. The lowest BCUT2D eigenvalue weighted by Crippen LogP contribution is -2.46. The maximum Gasteiger partial charge on any atom is 0.227 e. The van der Waals surface area contributed by atoms with E-state index >= 15 is 0 Å². The Morgan fingerprint density at radius 2 is 1.81 bits per heavy atom. The third-order valence-corrected chi connectivity index (χ3v) is 5.23. The van der Waals surface area contributed by atoms with Crippen LogP contribution >= 0.6 is 0 Å². The van der Waals surface area contributed by atoms with E-state index in [-0.39, 0.29) is 17.6 Å². The molecule has 27 heavy (non-hydrogen) atoms. The van der Waals surface area contributed by atoms with Crippen molar-refractivity contribution >= 4 is 23.0 Å². The predicted molar refractivity (Wildman–Crippen MR) is 109 cm³/mol. The standard InChI is InChI=1S/C22H27FN3O/c1-3-17(4-2)22(27)24-18-10-11-21(20(23)16-18)26-14-12-25(13-15-26)19-8-6-5-7-9-19/h5-8,10-11,16-17H,3-4,12-15H2,1-2H3,(H,24,27). The predicted octanol–water partition coefficient (Wildman–Crippen LogP) is 4.33. The van der Waals surface area contributed by atoms with Gasteiger partial charge in [-0.05, 0) is 37.1 Å². The van der Waals surface area contributed by atoms with Crippen LogP contribution in [0.25, 0.3) is 0 Å². The van der Waals surface area contributed by atoms with E-state index in [9.17, 15) is 9.18 Å². The zero-order valence-electron chi connectivity index (χ0n) is 16.0. The SMILES string of the molecule is CCC(CC)C(=O)Nc1ccc(N2CCN(c3[c]cccc3)CC2)c(F)c1. The Balaban J connectivity index is 1.62. The van der Waals surface area contributed by atoms with E-state index in [0.717, 1.165) is 44.7 Å². The Hall–Kier alpha value is -2.56. The first-order chi connectivity index (χ1) is 13.1. The van der Waals surface area contributed by atoms with Crippen molar-refractivity contribution in [1.29, 1.82) is 0 Å². The highest BCUT2D eigenvalue weighted by molar-refractivity contribution is 5.92. The van der Waals surface area contributed by atoms with Crippen molar-refractivity contribution in [1.82, 2.24) is 0 Å². The van der Waals surface area contributed by atoms with E-state index in [2.05, 4.69) is 21.2 Å². The van der Waals surface area contributed by atoms with Gasteiger partial charge in [-0.15, -0.1) is 0 Å². The molecular weight excluding hydrogens is 341 g/mol. The highest BCUT2D eigenvalue weighted by Gasteiger charge is 2.20. The molecule has 5 heteroatoms. The number of piperazine rings is 1. The summed E-state index contributed by atoms with van der Waals surface area (Å²) in [5.74, 6) is -0.368. The second-order valence-corrected chi connectivity index (χ2v) is 6.89. The molecule has 1 saturated heterocycles. The maximum atomic E-state index is 14.7. The van der Waals surface area contributed by atoms with Crippen LogP contribution in [-0.2, 0) is 4.79 Å². The van der Waals surface area contributed by atoms with Crippen molar-refractivity contribution in [3.63, 3.8) is 0 Å². The molecule has 3 rings (SSSR count). The zero-order valence-corrected chi connectivity index (χ0v) is 16.0. The zero-order chi connectivity index (χ0) is 19.2. The summed E-state index contributed by atoms with van der Waals surface area (Å²) in [6.07, 6.45) is 1.57. The molecule has 1 heterocycles. The number of para-hydroxylation sites is 1. The number of hydrogen-bond acceptors (Lipinski definition) is 3. The van der Waals surface area contributed by atoms with Crippen molar-refractivity contribution in [2.24, 2.45) is 5.92 Å². The average Bonchev–Trinajstić information content (AvgIpc) is 2.70. The lowest BCUT2D eigenvalue weighted by atomic mass is 10.0. The molecule has 0 spiro atoms. The third-order valence-electron chi connectivity index (χ3n) is 5.23. The fourth-order valence-electron chi connectivity index (χ4n) is 3.51. The number of amides is 1. The van der Waals surface area contributed by atoms with Crippen LogP contribution in [0.4, 0.5) is 21.5 Å². The number of benzene rings is 2. The van der Waals surface area contributed by atoms with Crippen molar-refractivity contribution < 1.29 is 9.18 Å². The molecule has 143 valence electrons. The molecule has 0 aliphatic carbocycles. The first kappa shape index (κ1) is 19.2. The minimum atomic E-state index is -0.294. The Morgan fingerprint density at radius 3 is 2.41 bits per heavy atom. The van der Waals surface area contributed by atoms with Crippen LogP contribution in [0.1, 0.15) is 26.7 Å². The van der Waals surface area contributed by atoms with Gasteiger partial charge in [0.25, 0.3) is 0 Å². The first-order valence-corrected chi connectivity index (χ1v) is 9.69. The van der Waals surface area contributed by atoms with E-state index in [1.54, 1.807) is 12.1 Å². The minimum Gasteiger partial charge on any atom is -0.367 e. The number of nitrogens with one attached hydrogen (secondary N) is 1. The van der Waals surface area contributed by atoms with E-state index in [4.69, 9.17) is 0 Å². The van der Waals surface area contributed by atoms with Crippen LogP contribution in [0.15, 0.2) is 42.5 Å². The number of halogens is 1. The lowest BCUT2D eigenvalue weighted by molar-refractivity contribution is -0.120. The van der Waals surface area contributed by atoms with Gasteiger partial charge in [-0.25, -0.2) is 4.39 Å². The number of anilines is 3. The topological polar surface area (TPSA) is 35.6 Å². The summed E-state index contributed by atoms with van der Waals surface area (Å²) < 4.78 is 14.7. The molecule has 1 N–H and O–H groups in total. The van der Waals surface area contributed by atoms with E-state index in [1.165, 1.54) is 6.07 Å². The van der Waals surface area contributed by atoms with Gasteiger partial charge in [0.05, 0.1) is 5.69 Å². The van der Waals surface area contributed by atoms with Gasteiger partial charge in [0, 0.05) is 49.5 Å². The molecule has 0 aromatic heterocycles. The van der Waals surface area contributed by atoms with Gasteiger partial charge in [-0.1, -0.05) is 32.0 Å². The maximum absolute atomic E-state index is 14.7. The van der Waals surface area contributed by atoms with Crippen molar-refractivity contribution in [3.8, 4) is 0 Å². The normalized spacial score (nSPS) is 14.5. The highest BCUT2D eigenvalue weighted by Crippen LogP contribution is 2.26. The molecule has 1 radical (unpaired) electrons. The summed E-state index contributed by atoms with van der Waals surface area (Å²) in [5.41, 5.74) is 2.19. The Bertz CT molecular complexity index is 753. The highest BCUT2D eigenvalue weighted by atomic mass is 19.1. The number of nitrogens with zero attached hydrogens (tertiary/aromatic N) is 2. The van der Waals surface area contributed by atoms with Gasteiger partial charge in [-0.2, -0.15) is 0 Å². The van der Waals surface area contributed by atoms with E-state index < -0.39 is 0 Å².